The summed E-state index contributed by atoms with van der Waals surface area (Å²) in [6.45, 7) is 0. The van der Waals surface area contributed by atoms with Crippen molar-refractivity contribution in [1.29, 1.82) is 0 Å². The number of carbonyl (C=O) groups is 1. The number of amides is 1. The van der Waals surface area contributed by atoms with Gasteiger partial charge in [-0.25, -0.2) is 5.43 Å². The first kappa shape index (κ1) is 18.5. The lowest BCUT2D eigenvalue weighted by Gasteiger charge is -2.07. The summed E-state index contributed by atoms with van der Waals surface area (Å²) in [5.41, 5.74) is 1.63. The summed E-state index contributed by atoms with van der Waals surface area (Å²) in [5, 5.41) is 13.3. The second kappa shape index (κ2) is 7.35. The third-order valence-corrected chi connectivity index (χ3v) is 4.08. The van der Waals surface area contributed by atoms with E-state index in [4.69, 9.17) is 0 Å². The molecule has 4 nitrogen and oxygen atoms in total. The van der Waals surface area contributed by atoms with Crippen LogP contribution in [0.5, 0.6) is 5.75 Å². The Bertz CT molecular complexity index is 785. The molecule has 2 aromatic carbocycles. The molecule has 2 N–H and O–H groups in total. The van der Waals surface area contributed by atoms with E-state index in [1.165, 1.54) is 12.3 Å². The zero-order chi connectivity index (χ0) is 17.9. The number of hydrogen-bond donors (Lipinski definition) is 2. The molecule has 0 heterocycles. The van der Waals surface area contributed by atoms with Crippen LogP contribution in [0, 0.1) is 0 Å². The van der Waals surface area contributed by atoms with Crippen LogP contribution >= 0.6 is 31.9 Å². The van der Waals surface area contributed by atoms with E-state index in [9.17, 15) is 23.1 Å². The topological polar surface area (TPSA) is 61.7 Å². The van der Waals surface area contributed by atoms with E-state index in [0.29, 0.717) is 14.5 Å². The van der Waals surface area contributed by atoms with Crippen LogP contribution < -0.4 is 5.43 Å². The lowest BCUT2D eigenvalue weighted by Crippen LogP contribution is -2.18. The summed E-state index contributed by atoms with van der Waals surface area (Å²) in [7, 11) is 0. The number of carbonyl (C=O) groups excluding carboxylic acids is 1. The molecular formula is C15H9Br2F3N2O2. The number of halogens is 5. The molecule has 0 aromatic heterocycles. The molecule has 24 heavy (non-hydrogen) atoms. The number of hydrazone groups is 1. The zero-order valence-corrected chi connectivity index (χ0v) is 14.9. The minimum Gasteiger partial charge on any atom is -0.506 e. The van der Waals surface area contributed by atoms with E-state index in [0.717, 1.165) is 18.2 Å². The van der Waals surface area contributed by atoms with Crippen LogP contribution in [0.2, 0.25) is 0 Å². The predicted molar refractivity (Wildman–Crippen MR) is 90.0 cm³/mol. The lowest BCUT2D eigenvalue weighted by atomic mass is 10.1. The molecular weight excluding hydrogens is 457 g/mol. The fraction of sp³-hybridized carbons (Fsp3) is 0.0667. The summed E-state index contributed by atoms with van der Waals surface area (Å²) in [4.78, 5) is 11.9. The third-order valence-electron chi connectivity index (χ3n) is 2.87. The van der Waals surface area contributed by atoms with Crippen molar-refractivity contribution in [2.24, 2.45) is 5.10 Å². The van der Waals surface area contributed by atoms with Crippen LogP contribution in [0.4, 0.5) is 13.2 Å². The monoisotopic (exact) mass is 464 g/mol. The molecule has 2 aromatic rings. The first-order valence-electron chi connectivity index (χ1n) is 6.37. The van der Waals surface area contributed by atoms with Crippen molar-refractivity contribution < 1.29 is 23.1 Å². The molecule has 0 bridgehead atoms. The van der Waals surface area contributed by atoms with Crippen molar-refractivity contribution in [3.8, 4) is 5.75 Å². The number of rotatable bonds is 3. The Kier molecular flexibility index (Phi) is 5.66. The largest absolute Gasteiger partial charge is 0.506 e. The van der Waals surface area contributed by atoms with Gasteiger partial charge in [-0.05, 0) is 67.8 Å². The van der Waals surface area contributed by atoms with Gasteiger partial charge in [0, 0.05) is 5.56 Å². The van der Waals surface area contributed by atoms with E-state index < -0.39 is 17.6 Å². The van der Waals surface area contributed by atoms with Crippen molar-refractivity contribution in [3.63, 3.8) is 0 Å². The number of phenols is 1. The third kappa shape index (κ3) is 4.57. The average Bonchev–Trinajstić information content (AvgIpc) is 2.51. The average molecular weight is 466 g/mol. The molecule has 0 aliphatic heterocycles. The van der Waals surface area contributed by atoms with Crippen molar-refractivity contribution in [2.75, 3.05) is 0 Å². The Labute approximate surface area is 151 Å². The molecule has 1 amide bonds. The Hall–Kier alpha value is -1.87. The van der Waals surface area contributed by atoms with Gasteiger partial charge in [0.2, 0.25) is 0 Å². The minimum atomic E-state index is -4.52. The molecule has 0 fully saturated rings. The maximum atomic E-state index is 12.6. The van der Waals surface area contributed by atoms with Crippen molar-refractivity contribution >= 4 is 44.0 Å². The Balaban J connectivity index is 2.11. The van der Waals surface area contributed by atoms with Crippen molar-refractivity contribution in [3.05, 3.63) is 62.0 Å². The highest BCUT2D eigenvalue weighted by molar-refractivity contribution is 9.11. The summed E-state index contributed by atoms with van der Waals surface area (Å²) in [5.74, 6) is -0.755. The number of aromatic hydroxyl groups is 1. The molecule has 0 saturated carbocycles. The normalized spacial score (nSPS) is 11.7. The first-order valence-corrected chi connectivity index (χ1v) is 7.96. The van der Waals surface area contributed by atoms with Gasteiger partial charge in [0.15, 0.2) is 0 Å². The standard InChI is InChI=1S/C15H9Br2F3N2O2/c16-11-4-8(5-12(17)13(11)23)7-21-22-14(24)9-2-1-3-10(6-9)15(18,19)20/h1-7,23H,(H,22,24)/b21-7+. The van der Waals surface area contributed by atoms with E-state index in [2.05, 4.69) is 42.4 Å². The number of phenolic OH excluding ortho intramolecular Hbond substituents is 1. The summed E-state index contributed by atoms with van der Waals surface area (Å²) in [6, 6.07) is 7.15. The Morgan fingerprint density at radius 3 is 2.38 bits per heavy atom. The summed E-state index contributed by atoms with van der Waals surface area (Å²) in [6.07, 6.45) is -3.23. The molecule has 0 unspecified atom stereocenters. The molecule has 0 aliphatic carbocycles. The minimum absolute atomic E-state index is 0.0140. The van der Waals surface area contributed by atoms with E-state index in [1.807, 2.05) is 0 Å². The number of hydrogen-bond acceptors (Lipinski definition) is 3. The second-order valence-corrected chi connectivity index (χ2v) is 6.32. The Morgan fingerprint density at radius 2 is 1.79 bits per heavy atom. The van der Waals surface area contributed by atoms with Gasteiger partial charge in [-0.2, -0.15) is 18.3 Å². The van der Waals surface area contributed by atoms with Crippen LogP contribution in [-0.2, 0) is 6.18 Å². The quantitative estimate of drug-likeness (QED) is 0.509. The highest BCUT2D eigenvalue weighted by Crippen LogP contribution is 2.33. The zero-order valence-electron chi connectivity index (χ0n) is 11.7. The predicted octanol–water partition coefficient (Wildman–Crippen LogP) is 4.70. The van der Waals surface area contributed by atoms with Gasteiger partial charge in [-0.1, -0.05) is 6.07 Å². The van der Waals surface area contributed by atoms with Gasteiger partial charge in [-0.3, -0.25) is 4.79 Å². The molecule has 0 saturated heterocycles. The lowest BCUT2D eigenvalue weighted by molar-refractivity contribution is -0.137. The molecule has 0 aliphatic rings. The van der Waals surface area contributed by atoms with Gasteiger partial charge in [-0.15, -0.1) is 0 Å². The van der Waals surface area contributed by atoms with Gasteiger partial charge in [0.1, 0.15) is 5.75 Å². The fourth-order valence-electron chi connectivity index (χ4n) is 1.73. The first-order chi connectivity index (χ1) is 11.2. The summed E-state index contributed by atoms with van der Waals surface area (Å²) >= 11 is 6.29. The number of alkyl halides is 3. The molecule has 0 spiro atoms. The SMILES string of the molecule is O=C(N/N=C/c1cc(Br)c(O)c(Br)c1)c1cccc(C(F)(F)F)c1. The molecule has 0 atom stereocenters. The highest BCUT2D eigenvalue weighted by Gasteiger charge is 2.30. The van der Waals surface area contributed by atoms with Gasteiger partial charge >= 0.3 is 6.18 Å². The van der Waals surface area contributed by atoms with Crippen LogP contribution in [-0.4, -0.2) is 17.2 Å². The highest BCUT2D eigenvalue weighted by atomic mass is 79.9. The number of nitrogens with one attached hydrogen (secondary N) is 1. The van der Waals surface area contributed by atoms with E-state index in [-0.39, 0.29) is 11.3 Å². The maximum Gasteiger partial charge on any atom is 0.416 e. The van der Waals surface area contributed by atoms with Crippen LogP contribution in [0.3, 0.4) is 0 Å². The molecule has 2 rings (SSSR count). The number of nitrogens with zero attached hydrogens (tertiary/aromatic N) is 1. The van der Waals surface area contributed by atoms with Crippen LogP contribution in [0.15, 0.2) is 50.4 Å². The number of benzene rings is 2. The molecule has 9 heteroatoms. The molecule has 0 radical (unpaired) electrons. The van der Waals surface area contributed by atoms with Gasteiger partial charge in [0.25, 0.3) is 5.91 Å². The van der Waals surface area contributed by atoms with Crippen molar-refractivity contribution in [1.82, 2.24) is 5.43 Å². The Morgan fingerprint density at radius 1 is 1.17 bits per heavy atom. The van der Waals surface area contributed by atoms with Gasteiger partial charge in [0.05, 0.1) is 20.7 Å². The maximum absolute atomic E-state index is 12.6. The summed E-state index contributed by atoms with van der Waals surface area (Å²) < 4.78 is 38.7. The smallest absolute Gasteiger partial charge is 0.416 e. The van der Waals surface area contributed by atoms with Gasteiger partial charge < -0.3 is 5.11 Å². The van der Waals surface area contributed by atoms with Crippen molar-refractivity contribution in [2.45, 2.75) is 6.18 Å². The van der Waals surface area contributed by atoms with E-state index >= 15 is 0 Å². The van der Waals surface area contributed by atoms with Crippen LogP contribution in [0.25, 0.3) is 0 Å². The second-order valence-electron chi connectivity index (χ2n) is 4.61. The fourth-order valence-corrected chi connectivity index (χ4v) is 2.95. The molecule has 126 valence electrons. The van der Waals surface area contributed by atoms with Crippen LogP contribution in [0.1, 0.15) is 21.5 Å². The van der Waals surface area contributed by atoms with E-state index in [1.54, 1.807) is 12.1 Å².